The molecule has 0 N–H and O–H groups in total. The number of hydrogen-bond donors (Lipinski definition) is 0. The van der Waals surface area contributed by atoms with Crippen LogP contribution in [0.2, 0.25) is 10.0 Å². The first-order valence-corrected chi connectivity index (χ1v) is 6.23. The average Bonchev–Trinajstić information content (AvgIpc) is 2.81. The smallest absolute Gasteiger partial charge is 0.144 e. The molecule has 0 aliphatic carbocycles. The second kappa shape index (κ2) is 5.94. The zero-order valence-corrected chi connectivity index (χ0v) is 11.3. The molecule has 0 bridgehead atoms. The lowest BCUT2D eigenvalue weighted by atomic mass is 10.2. The molecular weight excluding hydrogens is 271 g/mol. The Bertz CT molecular complexity index is 550. The van der Waals surface area contributed by atoms with Gasteiger partial charge in [0.2, 0.25) is 0 Å². The van der Waals surface area contributed by atoms with Gasteiger partial charge in [-0.25, -0.2) is 4.98 Å². The van der Waals surface area contributed by atoms with Gasteiger partial charge in [-0.3, -0.25) is 0 Å². The summed E-state index contributed by atoms with van der Waals surface area (Å²) in [5.74, 6) is 0.678. The third-order valence-electron chi connectivity index (χ3n) is 2.29. The number of imidazole rings is 1. The average molecular weight is 283 g/mol. The molecular formula is C13H12Cl2N2O. The zero-order chi connectivity index (χ0) is 13.0. The van der Waals surface area contributed by atoms with Gasteiger partial charge in [-0.2, -0.15) is 0 Å². The van der Waals surface area contributed by atoms with Gasteiger partial charge in [0.25, 0.3) is 0 Å². The predicted octanol–water partition coefficient (Wildman–Crippen LogP) is 4.18. The fraction of sp³-hybridized carbons (Fsp3) is 0.154. The van der Waals surface area contributed by atoms with Crippen LogP contribution in [0.3, 0.4) is 0 Å². The molecule has 2 rings (SSSR count). The first-order chi connectivity index (χ1) is 8.70. The summed E-state index contributed by atoms with van der Waals surface area (Å²) in [4.78, 5) is 3.97. The molecule has 0 atom stereocenters. The number of aromatic nitrogens is 2. The van der Waals surface area contributed by atoms with E-state index in [1.54, 1.807) is 29.2 Å². The normalized spacial score (nSPS) is 11.6. The van der Waals surface area contributed by atoms with Crippen LogP contribution in [0, 0.1) is 0 Å². The topological polar surface area (TPSA) is 27.1 Å². The summed E-state index contributed by atoms with van der Waals surface area (Å²) in [5, 5.41) is 1.16. The first-order valence-electron chi connectivity index (χ1n) is 5.48. The van der Waals surface area contributed by atoms with Gasteiger partial charge in [0.1, 0.15) is 5.76 Å². The maximum Gasteiger partial charge on any atom is 0.144 e. The molecule has 1 aromatic carbocycles. The van der Waals surface area contributed by atoms with Crippen molar-refractivity contribution in [1.82, 2.24) is 9.55 Å². The molecule has 0 radical (unpaired) electrons. The lowest BCUT2D eigenvalue weighted by Crippen LogP contribution is -1.95. The molecule has 0 aliphatic heterocycles. The van der Waals surface area contributed by atoms with Crippen LogP contribution in [0.25, 0.3) is 12.0 Å². The van der Waals surface area contributed by atoms with E-state index in [4.69, 9.17) is 27.9 Å². The lowest BCUT2D eigenvalue weighted by Gasteiger charge is -2.11. The van der Waals surface area contributed by atoms with Crippen LogP contribution < -0.4 is 0 Å². The van der Waals surface area contributed by atoms with E-state index in [0.29, 0.717) is 22.4 Å². The van der Waals surface area contributed by atoms with Gasteiger partial charge in [-0.05, 0) is 25.1 Å². The zero-order valence-electron chi connectivity index (χ0n) is 9.81. The standard InChI is InChI=1S/C13H12Cl2N2O/c1-2-18-13(8-17-6-5-16-9-17)11-4-3-10(14)7-12(11)15/h3-9H,2H2,1H3. The van der Waals surface area contributed by atoms with Crippen LogP contribution in [0.4, 0.5) is 0 Å². The van der Waals surface area contributed by atoms with E-state index in [-0.39, 0.29) is 0 Å². The Morgan fingerprint density at radius 2 is 2.28 bits per heavy atom. The third kappa shape index (κ3) is 3.06. The Balaban J connectivity index is 2.41. The highest BCUT2D eigenvalue weighted by Crippen LogP contribution is 2.28. The van der Waals surface area contributed by atoms with E-state index in [2.05, 4.69) is 4.98 Å². The van der Waals surface area contributed by atoms with E-state index in [9.17, 15) is 0 Å². The largest absolute Gasteiger partial charge is 0.492 e. The molecule has 0 unspecified atom stereocenters. The van der Waals surface area contributed by atoms with Crippen molar-refractivity contribution in [3.63, 3.8) is 0 Å². The highest BCUT2D eigenvalue weighted by Gasteiger charge is 2.08. The Labute approximate surface area is 116 Å². The monoisotopic (exact) mass is 282 g/mol. The van der Waals surface area contributed by atoms with Crippen molar-refractivity contribution in [2.45, 2.75) is 6.92 Å². The van der Waals surface area contributed by atoms with Crippen LogP contribution in [-0.4, -0.2) is 16.2 Å². The molecule has 0 spiro atoms. The van der Waals surface area contributed by atoms with Gasteiger partial charge in [0.05, 0.1) is 24.2 Å². The molecule has 3 nitrogen and oxygen atoms in total. The molecule has 5 heteroatoms. The van der Waals surface area contributed by atoms with Gasteiger partial charge in [-0.15, -0.1) is 0 Å². The second-order valence-corrected chi connectivity index (χ2v) is 4.40. The molecule has 0 fully saturated rings. The minimum atomic E-state index is 0.555. The highest BCUT2D eigenvalue weighted by atomic mass is 35.5. The maximum atomic E-state index is 6.17. The molecule has 18 heavy (non-hydrogen) atoms. The van der Waals surface area contributed by atoms with Gasteiger partial charge >= 0.3 is 0 Å². The van der Waals surface area contributed by atoms with Crippen molar-refractivity contribution in [3.05, 3.63) is 52.5 Å². The number of ether oxygens (including phenoxy) is 1. The summed E-state index contributed by atoms with van der Waals surface area (Å²) in [7, 11) is 0. The Morgan fingerprint density at radius 1 is 1.44 bits per heavy atom. The van der Waals surface area contributed by atoms with Gasteiger partial charge in [0, 0.05) is 23.0 Å². The summed E-state index contributed by atoms with van der Waals surface area (Å²) in [6.07, 6.45) is 7.03. The van der Waals surface area contributed by atoms with Gasteiger partial charge in [-0.1, -0.05) is 23.2 Å². The van der Waals surface area contributed by atoms with Crippen molar-refractivity contribution < 1.29 is 4.74 Å². The fourth-order valence-electron chi connectivity index (χ4n) is 1.51. The van der Waals surface area contributed by atoms with Crippen LogP contribution >= 0.6 is 23.2 Å². The molecule has 2 aromatic rings. The SMILES string of the molecule is CCOC(=Cn1ccnc1)c1ccc(Cl)cc1Cl. The highest BCUT2D eigenvalue weighted by molar-refractivity contribution is 6.35. The summed E-state index contributed by atoms with van der Waals surface area (Å²) >= 11 is 12.1. The quantitative estimate of drug-likeness (QED) is 0.787. The molecule has 0 aliphatic rings. The lowest BCUT2D eigenvalue weighted by molar-refractivity contribution is 0.299. The predicted molar refractivity (Wildman–Crippen MR) is 74.5 cm³/mol. The fourth-order valence-corrected chi connectivity index (χ4v) is 2.01. The Kier molecular flexibility index (Phi) is 4.28. The summed E-state index contributed by atoms with van der Waals surface area (Å²) in [6, 6.07) is 5.31. The molecule has 0 saturated heterocycles. The van der Waals surface area contributed by atoms with Crippen LogP contribution in [0.15, 0.2) is 36.9 Å². The van der Waals surface area contributed by atoms with Crippen molar-refractivity contribution in [3.8, 4) is 0 Å². The van der Waals surface area contributed by atoms with E-state index >= 15 is 0 Å². The summed E-state index contributed by atoms with van der Waals surface area (Å²) in [5.41, 5.74) is 0.802. The Hall–Kier alpha value is -1.45. The second-order valence-electron chi connectivity index (χ2n) is 3.56. The van der Waals surface area contributed by atoms with Crippen LogP contribution in [-0.2, 0) is 4.74 Å². The number of hydrogen-bond acceptors (Lipinski definition) is 2. The number of halogens is 2. The molecule has 1 heterocycles. The maximum absolute atomic E-state index is 6.17. The van der Waals surface area contributed by atoms with E-state index in [1.807, 2.05) is 25.4 Å². The first kappa shape index (κ1) is 13.0. The van der Waals surface area contributed by atoms with Crippen LogP contribution in [0.5, 0.6) is 0 Å². The molecule has 0 saturated carbocycles. The summed E-state index contributed by atoms with van der Waals surface area (Å²) < 4.78 is 7.41. The minimum Gasteiger partial charge on any atom is -0.492 e. The third-order valence-corrected chi connectivity index (χ3v) is 2.84. The number of rotatable bonds is 4. The molecule has 1 aromatic heterocycles. The van der Waals surface area contributed by atoms with E-state index in [0.717, 1.165) is 5.56 Å². The van der Waals surface area contributed by atoms with E-state index < -0.39 is 0 Å². The van der Waals surface area contributed by atoms with Crippen molar-refractivity contribution in [1.29, 1.82) is 0 Å². The van der Waals surface area contributed by atoms with Crippen molar-refractivity contribution >= 4 is 35.2 Å². The van der Waals surface area contributed by atoms with Gasteiger partial charge < -0.3 is 9.30 Å². The molecule has 0 amide bonds. The van der Waals surface area contributed by atoms with E-state index in [1.165, 1.54) is 0 Å². The molecule has 94 valence electrons. The summed E-state index contributed by atoms with van der Waals surface area (Å²) in [6.45, 7) is 2.48. The van der Waals surface area contributed by atoms with Crippen LogP contribution in [0.1, 0.15) is 12.5 Å². The Morgan fingerprint density at radius 3 is 2.89 bits per heavy atom. The van der Waals surface area contributed by atoms with Crippen molar-refractivity contribution in [2.24, 2.45) is 0 Å². The minimum absolute atomic E-state index is 0.555. The number of nitrogens with zero attached hydrogens (tertiary/aromatic N) is 2. The van der Waals surface area contributed by atoms with Gasteiger partial charge in [0.15, 0.2) is 0 Å². The number of benzene rings is 1. The van der Waals surface area contributed by atoms with Crippen molar-refractivity contribution in [2.75, 3.05) is 6.61 Å².